The van der Waals surface area contributed by atoms with Crippen molar-refractivity contribution in [2.75, 3.05) is 6.54 Å². The molecule has 5 nitrogen and oxygen atoms in total. The number of rotatable bonds is 4. The molecule has 0 aliphatic carbocycles. The number of carboxylic acids is 1. The molecule has 1 amide bonds. The van der Waals surface area contributed by atoms with Crippen molar-refractivity contribution >= 4 is 27.8 Å². The summed E-state index contributed by atoms with van der Waals surface area (Å²) in [5, 5.41) is 9.20. The first-order valence-corrected chi connectivity index (χ1v) is 6.38. The van der Waals surface area contributed by atoms with Crippen LogP contribution in [0, 0.1) is 0 Å². The number of carbonyl (C=O) groups excluding carboxylic acids is 1. The number of hydrogen-bond donors (Lipinski definition) is 1. The van der Waals surface area contributed by atoms with Crippen LogP contribution < -0.4 is 0 Å². The molecule has 18 heavy (non-hydrogen) atoms. The molecule has 0 saturated heterocycles. The summed E-state index contributed by atoms with van der Waals surface area (Å²) in [5.41, 5.74) is -0.777. The standard InChI is InChI=1S/C12H17BrN2O3/c1-5-15(12(2,3)11(17)18)10(16)9-6-8(13)7-14(9)4/h6-7H,5H2,1-4H3,(H,17,18). The van der Waals surface area contributed by atoms with Gasteiger partial charge in [-0.3, -0.25) is 4.79 Å². The van der Waals surface area contributed by atoms with Crippen LogP contribution in [0.4, 0.5) is 0 Å². The first kappa shape index (κ1) is 14.8. The van der Waals surface area contributed by atoms with Gasteiger partial charge < -0.3 is 14.6 Å². The van der Waals surface area contributed by atoms with Crippen LogP contribution in [0.2, 0.25) is 0 Å². The highest BCUT2D eigenvalue weighted by Crippen LogP contribution is 2.21. The Kier molecular flexibility index (Phi) is 4.21. The lowest BCUT2D eigenvalue weighted by Crippen LogP contribution is -2.53. The lowest BCUT2D eigenvalue weighted by atomic mass is 10.0. The van der Waals surface area contributed by atoms with Gasteiger partial charge in [0.05, 0.1) is 0 Å². The fraction of sp³-hybridized carbons (Fsp3) is 0.500. The zero-order chi connectivity index (χ0) is 14.1. The largest absolute Gasteiger partial charge is 0.480 e. The molecule has 0 unspecified atom stereocenters. The van der Waals surface area contributed by atoms with E-state index in [2.05, 4.69) is 15.9 Å². The summed E-state index contributed by atoms with van der Waals surface area (Å²) in [7, 11) is 1.75. The molecule has 1 N–H and O–H groups in total. The molecular formula is C12H17BrN2O3. The normalized spacial score (nSPS) is 11.4. The zero-order valence-corrected chi connectivity index (χ0v) is 12.5. The number of carbonyl (C=O) groups is 2. The Morgan fingerprint density at radius 2 is 2.06 bits per heavy atom. The number of aromatic nitrogens is 1. The van der Waals surface area contributed by atoms with E-state index in [0.29, 0.717) is 12.2 Å². The van der Waals surface area contributed by atoms with Crippen molar-refractivity contribution in [1.29, 1.82) is 0 Å². The van der Waals surface area contributed by atoms with Crippen molar-refractivity contribution in [2.45, 2.75) is 26.3 Å². The summed E-state index contributed by atoms with van der Waals surface area (Å²) in [6, 6.07) is 1.68. The monoisotopic (exact) mass is 316 g/mol. The molecule has 6 heteroatoms. The van der Waals surface area contributed by atoms with Gasteiger partial charge in [-0.15, -0.1) is 0 Å². The van der Waals surface area contributed by atoms with E-state index >= 15 is 0 Å². The average Bonchev–Trinajstić information content (AvgIpc) is 2.58. The lowest BCUT2D eigenvalue weighted by Gasteiger charge is -2.34. The molecule has 0 aliphatic rings. The van der Waals surface area contributed by atoms with Crippen molar-refractivity contribution in [3.63, 3.8) is 0 Å². The number of amides is 1. The van der Waals surface area contributed by atoms with Crippen molar-refractivity contribution in [1.82, 2.24) is 9.47 Å². The summed E-state index contributed by atoms with van der Waals surface area (Å²) in [4.78, 5) is 25.0. The minimum atomic E-state index is -1.23. The lowest BCUT2D eigenvalue weighted by molar-refractivity contribution is -0.147. The third-order valence-corrected chi connectivity index (χ3v) is 3.38. The third-order valence-electron chi connectivity index (χ3n) is 2.95. The molecule has 100 valence electrons. The maximum absolute atomic E-state index is 12.4. The van der Waals surface area contributed by atoms with Gasteiger partial charge in [0.1, 0.15) is 11.2 Å². The summed E-state index contributed by atoms with van der Waals surface area (Å²) >= 11 is 3.29. The molecule has 0 spiro atoms. The summed E-state index contributed by atoms with van der Waals surface area (Å²) in [6.07, 6.45) is 1.76. The van der Waals surface area contributed by atoms with Gasteiger partial charge in [-0.25, -0.2) is 4.79 Å². The van der Waals surface area contributed by atoms with Crippen molar-refractivity contribution < 1.29 is 14.7 Å². The number of hydrogen-bond acceptors (Lipinski definition) is 2. The highest BCUT2D eigenvalue weighted by Gasteiger charge is 2.37. The van der Waals surface area contributed by atoms with E-state index in [9.17, 15) is 14.7 Å². The van der Waals surface area contributed by atoms with Crippen molar-refractivity contribution in [2.24, 2.45) is 7.05 Å². The number of carboxylic acid groups (broad SMARTS) is 1. The van der Waals surface area contributed by atoms with Crippen LogP contribution >= 0.6 is 15.9 Å². The molecule has 0 atom stereocenters. The van der Waals surface area contributed by atoms with Crippen LogP contribution in [0.5, 0.6) is 0 Å². The summed E-state index contributed by atoms with van der Waals surface area (Å²) in [6.45, 7) is 5.14. The molecule has 0 aliphatic heterocycles. The van der Waals surface area contributed by atoms with Gasteiger partial charge in [0.15, 0.2) is 0 Å². The average molecular weight is 317 g/mol. The molecular weight excluding hydrogens is 300 g/mol. The highest BCUT2D eigenvalue weighted by molar-refractivity contribution is 9.10. The minimum absolute atomic E-state index is 0.293. The number of nitrogens with zero attached hydrogens (tertiary/aromatic N) is 2. The molecule has 0 aromatic carbocycles. The second-order valence-corrected chi connectivity index (χ2v) is 5.48. The molecule has 1 aromatic heterocycles. The molecule has 0 saturated carbocycles. The Bertz CT molecular complexity index is 480. The van der Waals surface area contributed by atoms with E-state index < -0.39 is 11.5 Å². The van der Waals surface area contributed by atoms with Gasteiger partial charge in [-0.1, -0.05) is 0 Å². The molecule has 1 aromatic rings. The van der Waals surface area contributed by atoms with E-state index in [1.165, 1.54) is 18.7 Å². The molecule has 0 radical (unpaired) electrons. The second kappa shape index (κ2) is 5.14. The molecule has 0 fully saturated rings. The Balaban J connectivity index is 3.15. The van der Waals surface area contributed by atoms with Crippen molar-refractivity contribution in [3.05, 3.63) is 22.4 Å². The Hall–Kier alpha value is -1.30. The van der Waals surface area contributed by atoms with Crippen molar-refractivity contribution in [3.8, 4) is 0 Å². The Morgan fingerprint density at radius 3 is 2.39 bits per heavy atom. The van der Waals surface area contributed by atoms with Crippen LogP contribution in [-0.2, 0) is 11.8 Å². The first-order chi connectivity index (χ1) is 8.21. The second-order valence-electron chi connectivity index (χ2n) is 4.57. The zero-order valence-electron chi connectivity index (χ0n) is 10.9. The van der Waals surface area contributed by atoms with Gasteiger partial charge in [-0.2, -0.15) is 0 Å². The number of aliphatic carboxylic acids is 1. The number of halogens is 1. The quantitative estimate of drug-likeness (QED) is 0.925. The number of likely N-dealkylation sites (N-methyl/N-ethyl adjacent to an activating group) is 1. The predicted octanol–water partition coefficient (Wildman–Crippen LogP) is 2.11. The van der Waals surface area contributed by atoms with Crippen LogP contribution in [0.15, 0.2) is 16.7 Å². The van der Waals surface area contributed by atoms with E-state index in [1.54, 1.807) is 30.8 Å². The van der Waals surface area contributed by atoms with E-state index in [0.717, 1.165) is 4.47 Å². The summed E-state index contributed by atoms with van der Waals surface area (Å²) < 4.78 is 2.46. The van der Waals surface area contributed by atoms with E-state index in [1.807, 2.05) is 0 Å². The smallest absolute Gasteiger partial charge is 0.329 e. The topological polar surface area (TPSA) is 62.5 Å². The SMILES string of the molecule is CCN(C(=O)c1cc(Br)cn1C)C(C)(C)C(=O)O. The van der Waals surface area contributed by atoms with Gasteiger partial charge in [0.25, 0.3) is 5.91 Å². The Morgan fingerprint density at radius 1 is 1.50 bits per heavy atom. The van der Waals surface area contributed by atoms with E-state index in [-0.39, 0.29) is 5.91 Å². The predicted molar refractivity (Wildman–Crippen MR) is 71.5 cm³/mol. The van der Waals surface area contributed by atoms with Gasteiger partial charge in [-0.05, 0) is 42.8 Å². The van der Waals surface area contributed by atoms with Crippen LogP contribution in [0.3, 0.4) is 0 Å². The number of aryl methyl sites for hydroxylation is 1. The summed E-state index contributed by atoms with van der Waals surface area (Å²) in [5.74, 6) is -1.32. The fourth-order valence-corrected chi connectivity index (χ4v) is 2.31. The minimum Gasteiger partial charge on any atom is -0.480 e. The first-order valence-electron chi connectivity index (χ1n) is 5.59. The Labute approximate surface area is 115 Å². The molecule has 1 rings (SSSR count). The van der Waals surface area contributed by atoms with Gasteiger partial charge in [0.2, 0.25) is 0 Å². The maximum Gasteiger partial charge on any atom is 0.329 e. The van der Waals surface area contributed by atoms with Gasteiger partial charge in [0, 0.05) is 24.3 Å². The maximum atomic E-state index is 12.4. The third kappa shape index (κ3) is 2.58. The van der Waals surface area contributed by atoms with Crippen LogP contribution in [0.25, 0.3) is 0 Å². The molecule has 0 bridgehead atoms. The van der Waals surface area contributed by atoms with Crippen LogP contribution in [-0.4, -0.2) is 38.5 Å². The fourth-order valence-electron chi connectivity index (χ4n) is 1.78. The van der Waals surface area contributed by atoms with Gasteiger partial charge >= 0.3 is 5.97 Å². The van der Waals surface area contributed by atoms with Crippen LogP contribution in [0.1, 0.15) is 31.3 Å². The van der Waals surface area contributed by atoms with E-state index in [4.69, 9.17) is 0 Å². The molecule has 1 heterocycles. The highest BCUT2D eigenvalue weighted by atomic mass is 79.9.